The number of carbonyl (C=O) groups is 1. The molecule has 5 heteroatoms. The first-order chi connectivity index (χ1) is 6.84. The van der Waals surface area contributed by atoms with Crippen LogP contribution >= 0.6 is 0 Å². The summed E-state index contributed by atoms with van der Waals surface area (Å²) >= 11 is 0. The lowest BCUT2D eigenvalue weighted by molar-refractivity contribution is 0.0318. The van der Waals surface area contributed by atoms with Gasteiger partial charge in [-0.2, -0.15) is 0 Å². The van der Waals surface area contributed by atoms with Crippen molar-refractivity contribution in [3.63, 3.8) is 0 Å². The molecule has 76 valence electrons. The highest BCUT2D eigenvalue weighted by atomic mass is 16.6. The summed E-state index contributed by atoms with van der Waals surface area (Å²) in [6.45, 7) is 1.30. The van der Waals surface area contributed by atoms with Crippen LogP contribution in [-0.4, -0.2) is 25.3 Å². The highest BCUT2D eigenvalue weighted by Crippen LogP contribution is 2.05. The molecule has 0 bridgehead atoms. The summed E-state index contributed by atoms with van der Waals surface area (Å²) in [5.41, 5.74) is 0. The lowest BCUT2D eigenvalue weighted by Gasteiger charge is -2.06. The van der Waals surface area contributed by atoms with E-state index in [2.05, 4.69) is 5.32 Å². The molecule has 0 unspecified atom stereocenters. The van der Waals surface area contributed by atoms with E-state index in [1.54, 1.807) is 12.3 Å². The van der Waals surface area contributed by atoms with Crippen molar-refractivity contribution in [1.29, 1.82) is 0 Å². The molecule has 5 nitrogen and oxygen atoms in total. The number of ether oxygens (including phenoxy) is 2. The van der Waals surface area contributed by atoms with Gasteiger partial charge < -0.3 is 19.2 Å². The van der Waals surface area contributed by atoms with Crippen LogP contribution in [0.1, 0.15) is 5.76 Å². The van der Waals surface area contributed by atoms with Gasteiger partial charge in [0.25, 0.3) is 0 Å². The fraction of sp³-hybridized carbons (Fsp3) is 0.444. The van der Waals surface area contributed by atoms with Crippen molar-refractivity contribution in [2.45, 2.75) is 12.7 Å². The minimum Gasteiger partial charge on any atom is -0.467 e. The molecule has 0 spiro atoms. The molecule has 1 amide bonds. The zero-order valence-electron chi connectivity index (χ0n) is 7.56. The first kappa shape index (κ1) is 9.08. The van der Waals surface area contributed by atoms with E-state index in [9.17, 15) is 4.79 Å². The maximum absolute atomic E-state index is 10.6. The number of furan rings is 1. The molecular formula is C9H11NO4. The van der Waals surface area contributed by atoms with E-state index in [0.717, 1.165) is 5.76 Å². The number of carbonyl (C=O) groups excluding carboxylic acids is 1. The van der Waals surface area contributed by atoms with Crippen LogP contribution < -0.4 is 5.32 Å². The molecule has 0 aliphatic carbocycles. The smallest absolute Gasteiger partial charge is 0.407 e. The van der Waals surface area contributed by atoms with Gasteiger partial charge in [0.05, 0.1) is 19.4 Å². The number of rotatable bonds is 4. The lowest BCUT2D eigenvalue weighted by Crippen LogP contribution is -2.20. The van der Waals surface area contributed by atoms with E-state index in [1.807, 2.05) is 6.07 Å². The number of nitrogens with one attached hydrogen (secondary N) is 1. The van der Waals surface area contributed by atoms with Crippen molar-refractivity contribution in [3.8, 4) is 0 Å². The van der Waals surface area contributed by atoms with Gasteiger partial charge in [0.15, 0.2) is 0 Å². The average molecular weight is 197 g/mol. The molecule has 2 rings (SSSR count). The second kappa shape index (κ2) is 4.15. The molecule has 1 saturated heterocycles. The molecule has 1 aliphatic heterocycles. The van der Waals surface area contributed by atoms with E-state index in [0.29, 0.717) is 19.8 Å². The number of hydrogen-bond donors (Lipinski definition) is 1. The Morgan fingerprint density at radius 3 is 3.21 bits per heavy atom. The number of hydrogen-bond acceptors (Lipinski definition) is 4. The Morgan fingerprint density at radius 2 is 2.57 bits per heavy atom. The second-order valence-electron chi connectivity index (χ2n) is 3.00. The third kappa shape index (κ3) is 2.26. The predicted molar refractivity (Wildman–Crippen MR) is 46.6 cm³/mol. The molecule has 14 heavy (non-hydrogen) atoms. The molecule has 1 N–H and O–H groups in total. The van der Waals surface area contributed by atoms with Crippen LogP contribution in [0.4, 0.5) is 4.79 Å². The van der Waals surface area contributed by atoms with Crippen molar-refractivity contribution in [2.24, 2.45) is 0 Å². The SMILES string of the molecule is O=C1NC[C@H](COCc2ccco2)O1. The van der Waals surface area contributed by atoms with Crippen molar-refractivity contribution < 1.29 is 18.7 Å². The van der Waals surface area contributed by atoms with Gasteiger partial charge in [-0.3, -0.25) is 0 Å². The van der Waals surface area contributed by atoms with Gasteiger partial charge in [0.1, 0.15) is 18.5 Å². The zero-order chi connectivity index (χ0) is 9.80. The molecule has 2 heterocycles. The fourth-order valence-electron chi connectivity index (χ4n) is 1.21. The summed E-state index contributed by atoms with van der Waals surface area (Å²) in [7, 11) is 0. The van der Waals surface area contributed by atoms with Crippen LogP contribution in [0.3, 0.4) is 0 Å². The van der Waals surface area contributed by atoms with Crippen LogP contribution in [0, 0.1) is 0 Å². The maximum Gasteiger partial charge on any atom is 0.407 e. The number of cyclic esters (lactones) is 1. The molecule has 0 saturated carbocycles. The fourth-order valence-corrected chi connectivity index (χ4v) is 1.21. The molecule has 0 radical (unpaired) electrons. The minimum absolute atomic E-state index is 0.183. The van der Waals surface area contributed by atoms with Crippen LogP contribution in [0.2, 0.25) is 0 Å². The van der Waals surface area contributed by atoms with E-state index in [-0.39, 0.29) is 12.2 Å². The summed E-state index contributed by atoms with van der Waals surface area (Å²) in [5.74, 6) is 0.766. The van der Waals surface area contributed by atoms with E-state index in [4.69, 9.17) is 13.9 Å². The quantitative estimate of drug-likeness (QED) is 0.779. The highest BCUT2D eigenvalue weighted by molar-refractivity contribution is 5.69. The van der Waals surface area contributed by atoms with Crippen LogP contribution in [0.5, 0.6) is 0 Å². The monoisotopic (exact) mass is 197 g/mol. The first-order valence-corrected chi connectivity index (χ1v) is 4.39. The van der Waals surface area contributed by atoms with Crippen LogP contribution in [0.15, 0.2) is 22.8 Å². The molecule has 1 aromatic heterocycles. The Morgan fingerprint density at radius 1 is 1.64 bits per heavy atom. The van der Waals surface area contributed by atoms with Crippen molar-refractivity contribution in [2.75, 3.05) is 13.2 Å². The molecule has 1 atom stereocenters. The molecule has 1 fully saturated rings. The summed E-state index contributed by atoms with van der Waals surface area (Å²) in [6, 6.07) is 3.63. The predicted octanol–water partition coefficient (Wildman–Crippen LogP) is 0.905. The Kier molecular flexibility index (Phi) is 2.69. The molecule has 1 aliphatic rings. The van der Waals surface area contributed by atoms with Crippen molar-refractivity contribution >= 4 is 6.09 Å². The van der Waals surface area contributed by atoms with Gasteiger partial charge in [-0.05, 0) is 12.1 Å². The molecular weight excluding hydrogens is 186 g/mol. The van der Waals surface area contributed by atoms with Gasteiger partial charge in [-0.15, -0.1) is 0 Å². The van der Waals surface area contributed by atoms with E-state index in [1.165, 1.54) is 0 Å². The van der Waals surface area contributed by atoms with E-state index < -0.39 is 0 Å². The first-order valence-electron chi connectivity index (χ1n) is 4.39. The summed E-state index contributed by atoms with van der Waals surface area (Å²) in [6.07, 6.45) is 1.03. The largest absolute Gasteiger partial charge is 0.467 e. The normalized spacial score (nSPS) is 20.6. The Balaban J connectivity index is 1.66. The zero-order valence-corrected chi connectivity index (χ0v) is 7.56. The lowest BCUT2D eigenvalue weighted by atomic mass is 10.4. The average Bonchev–Trinajstić information content (AvgIpc) is 2.77. The number of amides is 1. The third-order valence-electron chi connectivity index (χ3n) is 1.88. The Hall–Kier alpha value is -1.49. The van der Waals surface area contributed by atoms with E-state index >= 15 is 0 Å². The number of alkyl carbamates (subject to hydrolysis) is 1. The van der Waals surface area contributed by atoms with Crippen molar-refractivity contribution in [1.82, 2.24) is 5.32 Å². The van der Waals surface area contributed by atoms with Crippen molar-refractivity contribution in [3.05, 3.63) is 24.2 Å². The van der Waals surface area contributed by atoms with Gasteiger partial charge in [-0.1, -0.05) is 0 Å². The van der Waals surface area contributed by atoms with Gasteiger partial charge >= 0.3 is 6.09 Å². The molecule has 1 aromatic rings. The summed E-state index contributed by atoms with van der Waals surface area (Å²) in [4.78, 5) is 10.6. The minimum atomic E-state index is -0.378. The Bertz CT molecular complexity index is 296. The summed E-state index contributed by atoms with van der Waals surface area (Å²) in [5, 5.41) is 2.55. The van der Waals surface area contributed by atoms with Gasteiger partial charge in [0, 0.05) is 0 Å². The van der Waals surface area contributed by atoms with Gasteiger partial charge in [0.2, 0.25) is 0 Å². The summed E-state index contributed by atoms with van der Waals surface area (Å²) < 4.78 is 15.2. The second-order valence-corrected chi connectivity index (χ2v) is 3.00. The van der Waals surface area contributed by atoms with Gasteiger partial charge in [-0.25, -0.2) is 4.79 Å². The topological polar surface area (TPSA) is 60.7 Å². The standard InChI is InChI=1S/C9H11NO4/c11-9-10-4-8(14-9)6-12-5-7-2-1-3-13-7/h1-3,8H,4-6H2,(H,10,11)/t8-/m1/s1. The van der Waals surface area contributed by atoms with Crippen LogP contribution in [-0.2, 0) is 16.1 Å². The van der Waals surface area contributed by atoms with Crippen LogP contribution in [0.25, 0.3) is 0 Å². The molecule has 0 aromatic carbocycles. The highest BCUT2D eigenvalue weighted by Gasteiger charge is 2.22. The maximum atomic E-state index is 10.6. The third-order valence-corrected chi connectivity index (χ3v) is 1.88. The Labute approximate surface area is 81.0 Å².